The summed E-state index contributed by atoms with van der Waals surface area (Å²) in [5.41, 5.74) is 1.09. The summed E-state index contributed by atoms with van der Waals surface area (Å²) in [6.07, 6.45) is 3.29. The minimum absolute atomic E-state index is 0.101. The highest BCUT2D eigenvalue weighted by Gasteiger charge is 2.29. The van der Waals surface area contributed by atoms with E-state index in [9.17, 15) is 0 Å². The average molecular weight is 416 g/mol. The SMILES string of the molecule is COc1cc(CN2CCCC[C@@H]2c2nnc(-c3cccs3)o2)cc(OC)c1OC. The first-order valence-corrected chi connectivity index (χ1v) is 10.5. The molecule has 1 aromatic carbocycles. The van der Waals surface area contributed by atoms with Crippen molar-refractivity contribution in [2.24, 2.45) is 0 Å². The molecular formula is C21H25N3O4S. The molecule has 0 amide bonds. The van der Waals surface area contributed by atoms with Gasteiger partial charge in [0.2, 0.25) is 11.6 Å². The van der Waals surface area contributed by atoms with Gasteiger partial charge in [0, 0.05) is 6.54 Å². The zero-order valence-electron chi connectivity index (χ0n) is 16.9. The van der Waals surface area contributed by atoms with Gasteiger partial charge in [-0.05, 0) is 48.5 Å². The molecule has 3 aromatic rings. The third-order valence-corrected chi connectivity index (χ3v) is 6.04. The molecule has 0 unspecified atom stereocenters. The first-order valence-electron chi connectivity index (χ1n) is 9.63. The monoisotopic (exact) mass is 415 g/mol. The van der Waals surface area contributed by atoms with Crippen molar-refractivity contribution in [1.29, 1.82) is 0 Å². The Morgan fingerprint density at radius 3 is 2.55 bits per heavy atom. The number of piperidine rings is 1. The lowest BCUT2D eigenvalue weighted by Crippen LogP contribution is -2.33. The molecule has 4 rings (SSSR count). The van der Waals surface area contributed by atoms with Gasteiger partial charge in [-0.2, -0.15) is 0 Å². The number of benzene rings is 1. The van der Waals surface area contributed by atoms with E-state index in [1.807, 2.05) is 29.6 Å². The first kappa shape index (κ1) is 19.7. The second-order valence-electron chi connectivity index (χ2n) is 6.94. The topological polar surface area (TPSA) is 69.9 Å². The number of hydrogen-bond donors (Lipinski definition) is 0. The number of likely N-dealkylation sites (tertiary alicyclic amines) is 1. The van der Waals surface area contributed by atoms with Crippen molar-refractivity contribution < 1.29 is 18.6 Å². The van der Waals surface area contributed by atoms with Crippen LogP contribution in [0, 0.1) is 0 Å². The molecule has 1 aliphatic rings. The molecular weight excluding hydrogens is 390 g/mol. The number of ether oxygens (including phenoxy) is 3. The fraction of sp³-hybridized carbons (Fsp3) is 0.429. The lowest BCUT2D eigenvalue weighted by Gasteiger charge is -2.33. The van der Waals surface area contributed by atoms with Gasteiger partial charge in [0.1, 0.15) is 0 Å². The Kier molecular flexibility index (Phi) is 6.01. The number of nitrogens with zero attached hydrogens (tertiary/aromatic N) is 3. The first-order chi connectivity index (χ1) is 14.2. The Bertz CT molecular complexity index is 916. The molecule has 0 radical (unpaired) electrons. The van der Waals surface area contributed by atoms with Crippen molar-refractivity contribution in [3.63, 3.8) is 0 Å². The number of methoxy groups -OCH3 is 3. The molecule has 3 heterocycles. The van der Waals surface area contributed by atoms with E-state index >= 15 is 0 Å². The normalized spacial score (nSPS) is 17.3. The highest BCUT2D eigenvalue weighted by molar-refractivity contribution is 7.13. The van der Waals surface area contributed by atoms with Gasteiger partial charge in [-0.25, -0.2) is 0 Å². The van der Waals surface area contributed by atoms with Crippen LogP contribution < -0.4 is 14.2 Å². The van der Waals surface area contributed by atoms with Crippen LogP contribution in [0.25, 0.3) is 10.8 Å². The zero-order chi connectivity index (χ0) is 20.2. The maximum Gasteiger partial charge on any atom is 0.257 e. The van der Waals surface area contributed by atoms with Crippen LogP contribution in [-0.2, 0) is 6.54 Å². The highest BCUT2D eigenvalue weighted by atomic mass is 32.1. The van der Waals surface area contributed by atoms with Crippen LogP contribution in [-0.4, -0.2) is 43.0 Å². The molecule has 1 fully saturated rings. The number of rotatable bonds is 7. The van der Waals surface area contributed by atoms with Crippen molar-refractivity contribution in [2.45, 2.75) is 31.8 Å². The third-order valence-electron chi connectivity index (χ3n) is 5.18. The predicted molar refractivity (Wildman–Crippen MR) is 111 cm³/mol. The summed E-state index contributed by atoms with van der Waals surface area (Å²) in [6.45, 7) is 1.70. The third kappa shape index (κ3) is 4.09. The molecule has 2 aromatic heterocycles. The van der Waals surface area contributed by atoms with Crippen molar-refractivity contribution in [1.82, 2.24) is 15.1 Å². The lowest BCUT2D eigenvalue weighted by atomic mass is 10.0. The summed E-state index contributed by atoms with van der Waals surface area (Å²) in [4.78, 5) is 3.38. The van der Waals surface area contributed by atoms with E-state index in [-0.39, 0.29) is 6.04 Å². The maximum absolute atomic E-state index is 6.04. The summed E-state index contributed by atoms with van der Waals surface area (Å²) < 4.78 is 22.5. The molecule has 0 N–H and O–H groups in total. The smallest absolute Gasteiger partial charge is 0.257 e. The van der Waals surface area contributed by atoms with E-state index < -0.39 is 0 Å². The summed E-state index contributed by atoms with van der Waals surface area (Å²) in [7, 11) is 4.88. The van der Waals surface area contributed by atoms with Crippen molar-refractivity contribution in [3.05, 3.63) is 41.1 Å². The van der Waals surface area contributed by atoms with Gasteiger partial charge in [0.25, 0.3) is 5.89 Å². The van der Waals surface area contributed by atoms with Gasteiger partial charge in [0.15, 0.2) is 11.5 Å². The molecule has 0 aliphatic carbocycles. The van der Waals surface area contributed by atoms with Crippen LogP contribution >= 0.6 is 11.3 Å². The minimum atomic E-state index is 0.101. The average Bonchev–Trinajstić information content (AvgIpc) is 3.45. The zero-order valence-corrected chi connectivity index (χ0v) is 17.7. The van der Waals surface area contributed by atoms with Crippen LogP contribution in [0.5, 0.6) is 17.2 Å². The Balaban J connectivity index is 1.59. The standard InChI is InChI=1S/C21H25N3O4S/c1-25-16-11-14(12-17(26-2)19(16)27-3)13-24-9-5-4-7-15(24)20-22-23-21(28-20)18-8-6-10-29-18/h6,8,10-12,15H,4-5,7,9,13H2,1-3H3/t15-/m1/s1. The maximum atomic E-state index is 6.04. The van der Waals surface area contributed by atoms with Gasteiger partial charge in [-0.3, -0.25) is 4.90 Å². The Morgan fingerprint density at radius 1 is 1.10 bits per heavy atom. The molecule has 154 valence electrons. The Hall–Kier alpha value is -2.58. The van der Waals surface area contributed by atoms with E-state index in [4.69, 9.17) is 18.6 Å². The molecule has 1 atom stereocenters. The van der Waals surface area contributed by atoms with Crippen LogP contribution in [0.15, 0.2) is 34.1 Å². The largest absolute Gasteiger partial charge is 0.493 e. The van der Waals surface area contributed by atoms with Crippen LogP contribution in [0.4, 0.5) is 0 Å². The summed E-state index contributed by atoms with van der Waals surface area (Å²) in [5, 5.41) is 10.6. The fourth-order valence-electron chi connectivity index (χ4n) is 3.79. The fourth-order valence-corrected chi connectivity index (χ4v) is 4.43. The van der Waals surface area contributed by atoms with Gasteiger partial charge in [-0.15, -0.1) is 21.5 Å². The molecule has 29 heavy (non-hydrogen) atoms. The second kappa shape index (κ2) is 8.84. The van der Waals surface area contributed by atoms with E-state index in [0.717, 1.165) is 42.8 Å². The van der Waals surface area contributed by atoms with Crippen LogP contribution in [0.2, 0.25) is 0 Å². The van der Waals surface area contributed by atoms with Crippen LogP contribution in [0.1, 0.15) is 36.8 Å². The Labute approximate surface area is 174 Å². The molecule has 7 nitrogen and oxygen atoms in total. The summed E-state index contributed by atoms with van der Waals surface area (Å²) in [6, 6.07) is 8.08. The van der Waals surface area contributed by atoms with E-state index in [2.05, 4.69) is 15.1 Å². The van der Waals surface area contributed by atoms with E-state index in [1.165, 1.54) is 0 Å². The molecule has 0 bridgehead atoms. The molecule has 0 spiro atoms. The molecule has 1 aliphatic heterocycles. The van der Waals surface area contributed by atoms with Crippen molar-refractivity contribution >= 4 is 11.3 Å². The summed E-state index contributed by atoms with van der Waals surface area (Å²) in [5.74, 6) is 3.20. The number of aromatic nitrogens is 2. The van der Waals surface area contributed by atoms with Crippen molar-refractivity contribution in [3.8, 4) is 28.0 Å². The van der Waals surface area contributed by atoms with Gasteiger partial charge < -0.3 is 18.6 Å². The minimum Gasteiger partial charge on any atom is -0.493 e. The highest BCUT2D eigenvalue weighted by Crippen LogP contribution is 2.40. The predicted octanol–water partition coefficient (Wildman–Crippen LogP) is 4.55. The quantitative estimate of drug-likeness (QED) is 0.561. The van der Waals surface area contributed by atoms with Gasteiger partial charge in [-0.1, -0.05) is 12.5 Å². The molecule has 0 saturated carbocycles. The lowest BCUT2D eigenvalue weighted by molar-refractivity contribution is 0.118. The summed E-state index contributed by atoms with van der Waals surface area (Å²) >= 11 is 1.60. The molecule has 1 saturated heterocycles. The van der Waals surface area contributed by atoms with Crippen molar-refractivity contribution in [2.75, 3.05) is 27.9 Å². The number of thiophene rings is 1. The van der Waals surface area contributed by atoms with Gasteiger partial charge in [0.05, 0.1) is 32.2 Å². The number of hydrogen-bond acceptors (Lipinski definition) is 8. The van der Waals surface area contributed by atoms with E-state index in [0.29, 0.717) is 29.0 Å². The van der Waals surface area contributed by atoms with E-state index in [1.54, 1.807) is 32.7 Å². The van der Waals surface area contributed by atoms with Crippen LogP contribution in [0.3, 0.4) is 0 Å². The molecule has 8 heteroatoms. The van der Waals surface area contributed by atoms with Gasteiger partial charge >= 0.3 is 0 Å². The Morgan fingerprint density at radius 2 is 1.90 bits per heavy atom. The second-order valence-corrected chi connectivity index (χ2v) is 7.89.